The van der Waals surface area contributed by atoms with Crippen molar-refractivity contribution in [1.29, 1.82) is 0 Å². The Balaban J connectivity index is 2.16. The molecule has 0 aromatic carbocycles. The molecule has 1 fully saturated rings. The Kier molecular flexibility index (Phi) is 4.18. The Morgan fingerprint density at radius 2 is 1.93 bits per heavy atom. The molecule has 0 aromatic heterocycles. The summed E-state index contributed by atoms with van der Waals surface area (Å²) < 4.78 is 22.0. The SMILES string of the molecule is CC(C)(CCCS(C)(=O)=O)CNC1CC1. The number of nitrogens with one attached hydrogen (secondary N) is 1. The van der Waals surface area contributed by atoms with E-state index >= 15 is 0 Å². The summed E-state index contributed by atoms with van der Waals surface area (Å²) in [5, 5.41) is 3.50. The Bertz CT molecular complexity index is 292. The predicted molar refractivity (Wildman–Crippen MR) is 63.8 cm³/mol. The molecule has 90 valence electrons. The van der Waals surface area contributed by atoms with Gasteiger partial charge in [-0.3, -0.25) is 0 Å². The third-order valence-electron chi connectivity index (χ3n) is 2.82. The Morgan fingerprint density at radius 3 is 2.40 bits per heavy atom. The summed E-state index contributed by atoms with van der Waals surface area (Å²) in [5.74, 6) is 0.319. The van der Waals surface area contributed by atoms with Crippen LogP contribution in [0.4, 0.5) is 0 Å². The molecule has 0 aliphatic heterocycles. The van der Waals surface area contributed by atoms with Crippen LogP contribution in [0.1, 0.15) is 39.5 Å². The van der Waals surface area contributed by atoms with Gasteiger partial charge in [-0.15, -0.1) is 0 Å². The van der Waals surface area contributed by atoms with E-state index in [0.29, 0.717) is 5.75 Å². The fourth-order valence-corrected chi connectivity index (χ4v) is 2.28. The van der Waals surface area contributed by atoms with Gasteiger partial charge in [0.15, 0.2) is 0 Å². The first-order chi connectivity index (χ1) is 6.79. The summed E-state index contributed by atoms with van der Waals surface area (Å²) in [6.45, 7) is 5.40. The van der Waals surface area contributed by atoms with E-state index in [2.05, 4.69) is 19.2 Å². The lowest BCUT2D eigenvalue weighted by Gasteiger charge is -2.24. The summed E-state index contributed by atoms with van der Waals surface area (Å²) in [6, 6.07) is 0.735. The molecule has 0 unspecified atom stereocenters. The van der Waals surface area contributed by atoms with Crippen LogP contribution in [-0.2, 0) is 9.84 Å². The molecule has 0 spiro atoms. The standard InChI is InChI=1S/C11H23NO2S/c1-11(2,9-12-10-5-6-10)7-4-8-15(3,13)14/h10,12H,4-9H2,1-3H3. The van der Waals surface area contributed by atoms with Gasteiger partial charge in [0.25, 0.3) is 0 Å². The minimum absolute atomic E-state index is 0.216. The first kappa shape index (κ1) is 13.0. The molecule has 0 bridgehead atoms. The van der Waals surface area contributed by atoms with Crippen molar-refractivity contribution in [2.75, 3.05) is 18.6 Å². The predicted octanol–water partition coefficient (Wildman–Crippen LogP) is 1.59. The van der Waals surface area contributed by atoms with Crippen molar-refractivity contribution >= 4 is 9.84 Å². The molecular weight excluding hydrogens is 210 g/mol. The Morgan fingerprint density at radius 1 is 1.33 bits per heavy atom. The molecular formula is C11H23NO2S. The smallest absolute Gasteiger partial charge is 0.147 e. The second-order valence-electron chi connectivity index (χ2n) is 5.55. The third kappa shape index (κ3) is 6.90. The first-order valence-electron chi connectivity index (χ1n) is 5.70. The summed E-state index contributed by atoms with van der Waals surface area (Å²) in [5.41, 5.74) is 0.216. The van der Waals surface area contributed by atoms with Gasteiger partial charge in [-0.25, -0.2) is 8.42 Å². The van der Waals surface area contributed by atoms with Crippen LogP contribution in [0.5, 0.6) is 0 Å². The second kappa shape index (κ2) is 4.83. The Hall–Kier alpha value is -0.0900. The van der Waals surface area contributed by atoms with Gasteiger partial charge in [0.2, 0.25) is 0 Å². The highest BCUT2D eigenvalue weighted by atomic mass is 32.2. The van der Waals surface area contributed by atoms with Gasteiger partial charge in [-0.2, -0.15) is 0 Å². The second-order valence-corrected chi connectivity index (χ2v) is 7.81. The molecule has 1 rings (SSSR count). The van der Waals surface area contributed by atoms with Gasteiger partial charge in [0.1, 0.15) is 9.84 Å². The highest BCUT2D eigenvalue weighted by molar-refractivity contribution is 7.90. The summed E-state index contributed by atoms with van der Waals surface area (Å²) in [6.07, 6.45) is 5.67. The minimum Gasteiger partial charge on any atom is -0.313 e. The fourth-order valence-electron chi connectivity index (χ4n) is 1.61. The molecule has 0 radical (unpaired) electrons. The quantitative estimate of drug-likeness (QED) is 0.726. The average molecular weight is 233 g/mol. The molecule has 1 N–H and O–H groups in total. The number of hydrogen-bond donors (Lipinski definition) is 1. The maximum absolute atomic E-state index is 11.0. The van der Waals surface area contributed by atoms with Gasteiger partial charge in [0, 0.05) is 24.6 Å². The van der Waals surface area contributed by atoms with E-state index in [1.807, 2.05) is 0 Å². The lowest BCUT2D eigenvalue weighted by atomic mass is 9.88. The molecule has 0 aromatic rings. The van der Waals surface area contributed by atoms with Crippen molar-refractivity contribution in [2.24, 2.45) is 5.41 Å². The number of sulfone groups is 1. The molecule has 15 heavy (non-hydrogen) atoms. The largest absolute Gasteiger partial charge is 0.313 e. The fraction of sp³-hybridized carbons (Fsp3) is 1.00. The molecule has 3 nitrogen and oxygen atoms in total. The highest BCUT2D eigenvalue weighted by Crippen LogP contribution is 2.25. The number of hydrogen-bond acceptors (Lipinski definition) is 3. The zero-order valence-corrected chi connectivity index (χ0v) is 10.9. The maximum Gasteiger partial charge on any atom is 0.147 e. The monoisotopic (exact) mass is 233 g/mol. The van der Waals surface area contributed by atoms with Crippen LogP contribution >= 0.6 is 0 Å². The van der Waals surface area contributed by atoms with Crippen LogP contribution in [0.15, 0.2) is 0 Å². The van der Waals surface area contributed by atoms with Crippen molar-refractivity contribution in [1.82, 2.24) is 5.32 Å². The van der Waals surface area contributed by atoms with Crippen LogP contribution in [0, 0.1) is 5.41 Å². The van der Waals surface area contributed by atoms with Crippen LogP contribution in [0.2, 0.25) is 0 Å². The molecule has 1 aliphatic carbocycles. The Labute approximate surface area is 93.6 Å². The van der Waals surface area contributed by atoms with Crippen LogP contribution in [0.3, 0.4) is 0 Å². The molecule has 1 aliphatic rings. The van der Waals surface area contributed by atoms with Crippen molar-refractivity contribution < 1.29 is 8.42 Å². The summed E-state index contributed by atoms with van der Waals surface area (Å²) in [7, 11) is -2.79. The van der Waals surface area contributed by atoms with E-state index < -0.39 is 9.84 Å². The van der Waals surface area contributed by atoms with Gasteiger partial charge >= 0.3 is 0 Å². The van der Waals surface area contributed by atoms with Crippen molar-refractivity contribution in [2.45, 2.75) is 45.6 Å². The van der Waals surface area contributed by atoms with E-state index in [4.69, 9.17) is 0 Å². The lowest BCUT2D eigenvalue weighted by molar-refractivity contribution is 0.310. The van der Waals surface area contributed by atoms with Crippen molar-refractivity contribution in [3.63, 3.8) is 0 Å². The molecule has 0 amide bonds. The van der Waals surface area contributed by atoms with E-state index in [1.165, 1.54) is 19.1 Å². The molecule has 0 saturated heterocycles. The molecule has 0 atom stereocenters. The molecule has 1 saturated carbocycles. The molecule has 4 heteroatoms. The topological polar surface area (TPSA) is 46.2 Å². The lowest BCUT2D eigenvalue weighted by Crippen LogP contribution is -2.31. The minimum atomic E-state index is -2.79. The number of rotatable bonds is 7. The van der Waals surface area contributed by atoms with Gasteiger partial charge < -0.3 is 5.32 Å². The van der Waals surface area contributed by atoms with Crippen molar-refractivity contribution in [3.8, 4) is 0 Å². The zero-order chi connectivity index (χ0) is 11.5. The van der Waals surface area contributed by atoms with Crippen LogP contribution < -0.4 is 5.32 Å². The van der Waals surface area contributed by atoms with Gasteiger partial charge in [0.05, 0.1) is 0 Å². The average Bonchev–Trinajstić information content (AvgIpc) is 2.80. The van der Waals surface area contributed by atoms with Crippen molar-refractivity contribution in [3.05, 3.63) is 0 Å². The first-order valence-corrected chi connectivity index (χ1v) is 7.76. The molecule has 0 heterocycles. The summed E-state index contributed by atoms with van der Waals surface area (Å²) in [4.78, 5) is 0. The normalized spacial score (nSPS) is 18.1. The van der Waals surface area contributed by atoms with E-state index in [9.17, 15) is 8.42 Å². The summed E-state index contributed by atoms with van der Waals surface area (Å²) >= 11 is 0. The van der Waals surface area contributed by atoms with E-state index in [0.717, 1.165) is 25.4 Å². The van der Waals surface area contributed by atoms with Crippen LogP contribution in [-0.4, -0.2) is 33.0 Å². The zero-order valence-electron chi connectivity index (χ0n) is 10.0. The van der Waals surface area contributed by atoms with E-state index in [-0.39, 0.29) is 5.41 Å². The van der Waals surface area contributed by atoms with Gasteiger partial charge in [-0.05, 0) is 31.1 Å². The van der Waals surface area contributed by atoms with Gasteiger partial charge in [-0.1, -0.05) is 13.8 Å². The van der Waals surface area contributed by atoms with Crippen LogP contribution in [0.25, 0.3) is 0 Å². The van der Waals surface area contributed by atoms with E-state index in [1.54, 1.807) is 0 Å². The maximum atomic E-state index is 11.0. The highest BCUT2D eigenvalue weighted by Gasteiger charge is 2.25. The third-order valence-corrected chi connectivity index (χ3v) is 3.85.